The van der Waals surface area contributed by atoms with E-state index in [1.807, 2.05) is 46.0 Å². The predicted molar refractivity (Wildman–Crippen MR) is 140 cm³/mol. The van der Waals surface area contributed by atoms with Gasteiger partial charge in [-0.3, -0.25) is 4.79 Å². The maximum Gasteiger partial charge on any atom is 0.573 e. The molecule has 0 bridgehead atoms. The van der Waals surface area contributed by atoms with Crippen LogP contribution in [0.3, 0.4) is 0 Å². The molecule has 0 aliphatic rings. The number of halogens is 3. The maximum atomic E-state index is 12.3. The Kier molecular flexibility index (Phi) is 10.7. The van der Waals surface area contributed by atoms with Crippen molar-refractivity contribution in [3.8, 4) is 5.75 Å². The Morgan fingerprint density at radius 3 is 2.44 bits per heavy atom. The fourth-order valence-electron chi connectivity index (χ4n) is 3.32. The van der Waals surface area contributed by atoms with Crippen molar-refractivity contribution >= 4 is 34.4 Å². The number of aromatic nitrogens is 1. The number of nitrogens with one attached hydrogen (secondary N) is 2. The Balaban J connectivity index is 0.00000222. The van der Waals surface area contributed by atoms with Crippen LogP contribution in [0.15, 0.2) is 54.6 Å². The number of anilines is 2. The summed E-state index contributed by atoms with van der Waals surface area (Å²) in [5.74, 6) is 0.204. The lowest BCUT2D eigenvalue weighted by molar-refractivity contribution is -0.274. The van der Waals surface area contributed by atoms with Crippen molar-refractivity contribution in [2.75, 3.05) is 36.9 Å². The van der Waals surface area contributed by atoms with Crippen LogP contribution in [-0.4, -0.2) is 43.9 Å². The van der Waals surface area contributed by atoms with E-state index in [9.17, 15) is 18.0 Å². The molecule has 3 rings (SSSR count). The minimum absolute atomic E-state index is 0.318. The van der Waals surface area contributed by atoms with Gasteiger partial charge in [-0.15, -0.1) is 13.2 Å². The Morgan fingerprint density at radius 1 is 1.11 bits per heavy atom. The number of rotatable bonds is 9. The molecule has 9 heteroatoms. The van der Waals surface area contributed by atoms with Crippen molar-refractivity contribution in [1.82, 2.24) is 10.3 Å². The van der Waals surface area contributed by atoms with E-state index in [1.165, 1.54) is 36.4 Å². The summed E-state index contributed by atoms with van der Waals surface area (Å²) in [6.45, 7) is 10.7. The highest BCUT2D eigenvalue weighted by atomic mass is 19.4. The summed E-state index contributed by atoms with van der Waals surface area (Å²) in [6, 6.07) is 12.8. The van der Waals surface area contributed by atoms with Crippen LogP contribution < -0.4 is 20.3 Å². The first-order chi connectivity index (χ1) is 17.1. The Morgan fingerprint density at radius 2 is 1.81 bits per heavy atom. The van der Waals surface area contributed by atoms with E-state index in [0.29, 0.717) is 11.3 Å². The second-order valence-electron chi connectivity index (χ2n) is 7.74. The molecule has 194 valence electrons. The number of benzene rings is 2. The number of fused-ring (bicyclic) bond motifs is 1. The third kappa shape index (κ3) is 8.88. The molecule has 0 radical (unpaired) electrons. The van der Waals surface area contributed by atoms with Crippen LogP contribution in [0.2, 0.25) is 0 Å². The highest BCUT2D eigenvalue weighted by molar-refractivity contribution is 6.03. The molecule has 0 spiro atoms. The van der Waals surface area contributed by atoms with Crippen molar-refractivity contribution in [1.29, 1.82) is 0 Å². The van der Waals surface area contributed by atoms with Gasteiger partial charge in [0.1, 0.15) is 11.6 Å². The molecule has 0 unspecified atom stereocenters. The Bertz CT molecular complexity index is 1160. The van der Waals surface area contributed by atoms with Crippen molar-refractivity contribution < 1.29 is 22.7 Å². The number of hydrogen-bond acceptors (Lipinski definition) is 5. The lowest BCUT2D eigenvalue weighted by Gasteiger charge is -2.19. The quantitative estimate of drug-likeness (QED) is 0.271. The number of likely N-dealkylation sites (N-methyl/N-ethyl adjacent to an activating group) is 2. The van der Waals surface area contributed by atoms with Gasteiger partial charge in [-0.1, -0.05) is 32.9 Å². The number of nitrogens with zero attached hydrogens (tertiary/aromatic N) is 2. The van der Waals surface area contributed by atoms with Gasteiger partial charge in [-0.05, 0) is 67.1 Å². The highest BCUT2D eigenvalue weighted by Gasteiger charge is 2.30. The molecule has 2 aromatic carbocycles. The molecular weight excluding hydrogens is 469 g/mol. The van der Waals surface area contributed by atoms with Gasteiger partial charge in [0.2, 0.25) is 5.91 Å². The summed E-state index contributed by atoms with van der Waals surface area (Å²) in [5, 5.41) is 7.03. The molecule has 1 heterocycles. The largest absolute Gasteiger partial charge is 0.573 e. The molecular formula is C27H33F3N4O2. The monoisotopic (exact) mass is 502 g/mol. The number of pyridine rings is 1. The predicted octanol–water partition coefficient (Wildman–Crippen LogP) is 6.17. The van der Waals surface area contributed by atoms with Crippen LogP contribution in [-0.2, 0) is 4.79 Å². The smallest absolute Gasteiger partial charge is 0.406 e. The molecule has 0 saturated heterocycles. The highest BCUT2D eigenvalue weighted by Crippen LogP contribution is 2.25. The fourth-order valence-corrected chi connectivity index (χ4v) is 3.32. The molecule has 2 N–H and O–H groups in total. The Hall–Kier alpha value is -3.59. The van der Waals surface area contributed by atoms with Gasteiger partial charge in [0.15, 0.2) is 0 Å². The third-order valence-corrected chi connectivity index (χ3v) is 5.08. The van der Waals surface area contributed by atoms with Gasteiger partial charge in [0.05, 0.1) is 5.52 Å². The van der Waals surface area contributed by atoms with Gasteiger partial charge in [0.25, 0.3) is 0 Å². The molecule has 0 atom stereocenters. The first-order valence-electron chi connectivity index (χ1n) is 11.8. The van der Waals surface area contributed by atoms with E-state index in [0.717, 1.165) is 41.9 Å². The number of carbonyl (C=O) groups excluding carboxylic acids is 1. The molecule has 0 aliphatic heterocycles. The molecule has 6 nitrogen and oxygen atoms in total. The minimum Gasteiger partial charge on any atom is -0.406 e. The molecule has 0 aliphatic carbocycles. The van der Waals surface area contributed by atoms with Crippen LogP contribution in [0.5, 0.6) is 5.75 Å². The van der Waals surface area contributed by atoms with Crippen molar-refractivity contribution in [3.63, 3.8) is 0 Å². The van der Waals surface area contributed by atoms with Crippen LogP contribution in [0, 0.1) is 6.92 Å². The summed E-state index contributed by atoms with van der Waals surface area (Å²) in [5.41, 5.74) is 3.06. The van der Waals surface area contributed by atoms with Crippen LogP contribution in [0.1, 0.15) is 31.9 Å². The number of amides is 1. The maximum absolute atomic E-state index is 12.3. The zero-order chi connectivity index (χ0) is 26.7. The van der Waals surface area contributed by atoms with Crippen molar-refractivity contribution in [3.05, 3.63) is 65.7 Å². The number of hydrogen-bond donors (Lipinski definition) is 2. The average Bonchev–Trinajstić information content (AvgIpc) is 2.84. The van der Waals surface area contributed by atoms with Gasteiger partial charge in [0, 0.05) is 37.3 Å². The van der Waals surface area contributed by atoms with Crippen LogP contribution in [0.25, 0.3) is 17.0 Å². The van der Waals surface area contributed by atoms with Gasteiger partial charge in [-0.2, -0.15) is 0 Å². The molecule has 36 heavy (non-hydrogen) atoms. The molecule has 1 amide bonds. The second-order valence-corrected chi connectivity index (χ2v) is 7.74. The van der Waals surface area contributed by atoms with E-state index in [2.05, 4.69) is 27.2 Å². The fraction of sp³-hybridized carbons (Fsp3) is 0.333. The standard InChI is InChI=1S/C25H27F3N4O2.C2H6/c1-4-29-13-14-32(3)23-15-17(2)21-16-19(8-11-22(21)31-23)30-24(33)12-7-18-5-9-20(10-6-18)34-25(26,27)28;1-2/h5-12,15-16,29H,4,13-14H2,1-3H3,(H,30,33);1-2H3/b12-7+;. The van der Waals surface area contributed by atoms with Crippen LogP contribution in [0.4, 0.5) is 24.7 Å². The van der Waals surface area contributed by atoms with Gasteiger partial charge >= 0.3 is 6.36 Å². The Labute approximate surface area is 210 Å². The normalized spacial score (nSPS) is 11.2. The first kappa shape index (κ1) is 28.6. The summed E-state index contributed by atoms with van der Waals surface area (Å²) < 4.78 is 40.6. The van der Waals surface area contributed by atoms with E-state index >= 15 is 0 Å². The number of carbonyl (C=O) groups is 1. The summed E-state index contributed by atoms with van der Waals surface area (Å²) in [4.78, 5) is 19.2. The lowest BCUT2D eigenvalue weighted by Crippen LogP contribution is -2.29. The molecule has 0 fully saturated rings. The summed E-state index contributed by atoms with van der Waals surface area (Å²) >= 11 is 0. The van der Waals surface area contributed by atoms with Gasteiger partial charge < -0.3 is 20.3 Å². The number of ether oxygens (including phenoxy) is 1. The van der Waals surface area contributed by atoms with Gasteiger partial charge in [-0.25, -0.2) is 4.98 Å². The average molecular weight is 503 g/mol. The molecule has 3 aromatic rings. The van der Waals surface area contributed by atoms with E-state index in [1.54, 1.807) is 6.07 Å². The second kappa shape index (κ2) is 13.5. The minimum atomic E-state index is -4.74. The van der Waals surface area contributed by atoms with Crippen molar-refractivity contribution in [2.24, 2.45) is 0 Å². The van der Waals surface area contributed by atoms with E-state index < -0.39 is 6.36 Å². The molecule has 1 aromatic heterocycles. The summed E-state index contributed by atoms with van der Waals surface area (Å²) in [6.07, 6.45) is -1.91. The van der Waals surface area contributed by atoms with Crippen LogP contribution >= 0.6 is 0 Å². The summed E-state index contributed by atoms with van der Waals surface area (Å²) in [7, 11) is 2.00. The van der Waals surface area contributed by atoms with E-state index in [-0.39, 0.29) is 11.7 Å². The van der Waals surface area contributed by atoms with E-state index in [4.69, 9.17) is 4.98 Å². The zero-order valence-electron chi connectivity index (χ0n) is 21.2. The number of aryl methyl sites for hydroxylation is 1. The first-order valence-corrected chi connectivity index (χ1v) is 11.8. The SMILES string of the molecule is CC.CCNCCN(C)c1cc(C)c2cc(NC(=O)/C=C/c3ccc(OC(F)(F)F)cc3)ccc2n1. The topological polar surface area (TPSA) is 66.5 Å². The third-order valence-electron chi connectivity index (χ3n) is 5.08. The lowest BCUT2D eigenvalue weighted by atomic mass is 10.1. The zero-order valence-corrected chi connectivity index (χ0v) is 21.2. The molecule has 0 saturated carbocycles. The number of alkyl halides is 3. The van der Waals surface area contributed by atoms with Crippen molar-refractivity contribution in [2.45, 2.75) is 34.1 Å².